The maximum atomic E-state index is 11.6. The SMILES string of the molecule is CNC(=O)C1CN(c2cc3c(cc2C#N)NCCN3C)C1. The number of hydrogen-bond donors (Lipinski definition) is 2. The van der Waals surface area contributed by atoms with E-state index in [0.29, 0.717) is 18.7 Å². The lowest BCUT2D eigenvalue weighted by molar-refractivity contribution is -0.125. The number of hydrogen-bond acceptors (Lipinski definition) is 5. The molecule has 6 nitrogen and oxygen atoms in total. The Balaban J connectivity index is 1.88. The van der Waals surface area contributed by atoms with Gasteiger partial charge in [-0.3, -0.25) is 4.79 Å². The first-order chi connectivity index (χ1) is 10.1. The first kappa shape index (κ1) is 13.6. The highest BCUT2D eigenvalue weighted by atomic mass is 16.1. The summed E-state index contributed by atoms with van der Waals surface area (Å²) in [5, 5.41) is 15.4. The zero-order chi connectivity index (χ0) is 15.0. The van der Waals surface area contributed by atoms with Gasteiger partial charge < -0.3 is 20.4 Å². The van der Waals surface area contributed by atoms with E-state index in [1.807, 2.05) is 6.07 Å². The molecule has 110 valence electrons. The molecule has 21 heavy (non-hydrogen) atoms. The van der Waals surface area contributed by atoms with Crippen molar-refractivity contribution in [2.24, 2.45) is 5.92 Å². The van der Waals surface area contributed by atoms with Gasteiger partial charge in [-0.15, -0.1) is 0 Å². The second-order valence-corrected chi connectivity index (χ2v) is 5.56. The van der Waals surface area contributed by atoms with Crippen molar-refractivity contribution in [1.29, 1.82) is 5.26 Å². The van der Waals surface area contributed by atoms with Crippen molar-refractivity contribution in [2.45, 2.75) is 0 Å². The molecule has 0 aliphatic carbocycles. The smallest absolute Gasteiger partial charge is 0.226 e. The molecule has 1 aromatic rings. The van der Waals surface area contributed by atoms with Crippen molar-refractivity contribution in [3.05, 3.63) is 17.7 Å². The molecular weight excluding hydrogens is 266 g/mol. The van der Waals surface area contributed by atoms with Crippen LogP contribution in [0.2, 0.25) is 0 Å². The van der Waals surface area contributed by atoms with E-state index >= 15 is 0 Å². The molecule has 1 fully saturated rings. The van der Waals surface area contributed by atoms with Gasteiger partial charge in [0.05, 0.1) is 28.5 Å². The first-order valence-electron chi connectivity index (χ1n) is 7.13. The van der Waals surface area contributed by atoms with Crippen LogP contribution in [0.15, 0.2) is 12.1 Å². The van der Waals surface area contributed by atoms with Crippen LogP contribution in [-0.4, -0.2) is 46.2 Å². The topological polar surface area (TPSA) is 71.4 Å². The van der Waals surface area contributed by atoms with E-state index in [1.54, 1.807) is 7.05 Å². The Kier molecular flexibility index (Phi) is 3.34. The van der Waals surface area contributed by atoms with E-state index in [2.05, 4.69) is 39.6 Å². The van der Waals surface area contributed by atoms with Gasteiger partial charge in [0, 0.05) is 40.3 Å². The van der Waals surface area contributed by atoms with Crippen LogP contribution in [-0.2, 0) is 4.79 Å². The highest BCUT2D eigenvalue weighted by Gasteiger charge is 2.34. The highest BCUT2D eigenvalue weighted by molar-refractivity contribution is 5.84. The molecule has 0 saturated carbocycles. The van der Waals surface area contributed by atoms with Crippen LogP contribution >= 0.6 is 0 Å². The summed E-state index contributed by atoms with van der Waals surface area (Å²) in [6.45, 7) is 3.17. The third kappa shape index (κ3) is 2.25. The zero-order valence-corrected chi connectivity index (χ0v) is 12.3. The second-order valence-electron chi connectivity index (χ2n) is 5.56. The fourth-order valence-corrected chi connectivity index (χ4v) is 2.91. The van der Waals surface area contributed by atoms with Gasteiger partial charge in [0.15, 0.2) is 0 Å². The number of nitriles is 1. The van der Waals surface area contributed by atoms with Gasteiger partial charge in [0.1, 0.15) is 6.07 Å². The third-order valence-corrected chi connectivity index (χ3v) is 4.25. The average Bonchev–Trinajstić information content (AvgIpc) is 2.45. The monoisotopic (exact) mass is 285 g/mol. The molecule has 0 spiro atoms. The largest absolute Gasteiger partial charge is 0.382 e. The van der Waals surface area contributed by atoms with Crippen molar-refractivity contribution >= 4 is 23.0 Å². The molecule has 2 N–H and O–H groups in total. The van der Waals surface area contributed by atoms with Crippen LogP contribution in [0.1, 0.15) is 5.56 Å². The summed E-state index contributed by atoms with van der Waals surface area (Å²) in [5.74, 6) is 0.0925. The quantitative estimate of drug-likeness (QED) is 0.833. The van der Waals surface area contributed by atoms with Gasteiger partial charge in [-0.05, 0) is 12.1 Å². The molecule has 2 aliphatic rings. The highest BCUT2D eigenvalue weighted by Crippen LogP contribution is 2.37. The Morgan fingerprint density at radius 2 is 2.19 bits per heavy atom. The summed E-state index contributed by atoms with van der Waals surface area (Å²) >= 11 is 0. The average molecular weight is 285 g/mol. The van der Waals surface area contributed by atoms with Gasteiger partial charge in [0.25, 0.3) is 0 Å². The summed E-state index contributed by atoms with van der Waals surface area (Å²) in [6, 6.07) is 6.23. The van der Waals surface area contributed by atoms with Gasteiger partial charge in [-0.1, -0.05) is 0 Å². The predicted octanol–water partition coefficient (Wildman–Crippen LogP) is 0.602. The van der Waals surface area contributed by atoms with Crippen LogP contribution in [0.25, 0.3) is 0 Å². The molecule has 0 bridgehead atoms. The summed E-state index contributed by atoms with van der Waals surface area (Å²) < 4.78 is 0. The minimum atomic E-state index is 0.0217. The van der Waals surface area contributed by atoms with Crippen molar-refractivity contribution in [1.82, 2.24) is 5.32 Å². The number of nitrogens with zero attached hydrogens (tertiary/aromatic N) is 3. The summed E-state index contributed by atoms with van der Waals surface area (Å²) in [7, 11) is 3.71. The standard InChI is InChI=1S/C15H19N5O/c1-17-15(21)11-8-20(9-11)13-6-14-12(5-10(13)7-16)18-3-4-19(14)2/h5-6,11,18H,3-4,8-9H2,1-2H3,(H,17,21). The minimum Gasteiger partial charge on any atom is -0.382 e. The molecule has 1 aromatic carbocycles. The van der Waals surface area contributed by atoms with Gasteiger partial charge >= 0.3 is 0 Å². The number of rotatable bonds is 2. The Labute approximate surface area is 124 Å². The van der Waals surface area contributed by atoms with Gasteiger partial charge in [0.2, 0.25) is 5.91 Å². The molecule has 0 atom stereocenters. The van der Waals surface area contributed by atoms with E-state index in [4.69, 9.17) is 0 Å². The number of benzene rings is 1. The Bertz CT molecular complexity index is 615. The fourth-order valence-electron chi connectivity index (χ4n) is 2.91. The lowest BCUT2D eigenvalue weighted by Gasteiger charge is -2.41. The third-order valence-electron chi connectivity index (χ3n) is 4.25. The fraction of sp³-hybridized carbons (Fsp3) is 0.467. The van der Waals surface area contributed by atoms with Crippen LogP contribution in [0.4, 0.5) is 17.1 Å². The van der Waals surface area contributed by atoms with Crippen LogP contribution in [0.3, 0.4) is 0 Å². The number of nitrogens with one attached hydrogen (secondary N) is 2. The summed E-state index contributed by atoms with van der Waals surface area (Å²) in [6.07, 6.45) is 0. The number of fused-ring (bicyclic) bond motifs is 1. The van der Waals surface area contributed by atoms with E-state index in [9.17, 15) is 10.1 Å². The van der Waals surface area contributed by atoms with Crippen molar-refractivity contribution in [3.63, 3.8) is 0 Å². The molecule has 6 heteroatoms. The van der Waals surface area contributed by atoms with E-state index in [-0.39, 0.29) is 11.8 Å². The summed E-state index contributed by atoms with van der Waals surface area (Å²) in [4.78, 5) is 15.9. The number of amides is 1. The zero-order valence-electron chi connectivity index (χ0n) is 12.3. The molecular formula is C15H19N5O. The molecule has 2 heterocycles. The number of carbonyl (C=O) groups excluding carboxylic acids is 1. The molecule has 1 amide bonds. The number of likely N-dealkylation sites (N-methyl/N-ethyl adjacent to an activating group) is 1. The molecule has 0 unspecified atom stereocenters. The maximum Gasteiger partial charge on any atom is 0.226 e. The number of carbonyl (C=O) groups is 1. The Morgan fingerprint density at radius 1 is 1.43 bits per heavy atom. The van der Waals surface area contributed by atoms with E-state index in [1.165, 1.54) is 0 Å². The van der Waals surface area contributed by atoms with Crippen molar-refractivity contribution in [2.75, 3.05) is 55.4 Å². The maximum absolute atomic E-state index is 11.6. The van der Waals surface area contributed by atoms with Crippen molar-refractivity contribution in [3.8, 4) is 6.07 Å². The van der Waals surface area contributed by atoms with E-state index < -0.39 is 0 Å². The normalized spacial score (nSPS) is 17.4. The molecule has 0 radical (unpaired) electrons. The van der Waals surface area contributed by atoms with Gasteiger partial charge in [-0.2, -0.15) is 5.26 Å². The van der Waals surface area contributed by atoms with Crippen LogP contribution in [0, 0.1) is 17.2 Å². The number of anilines is 3. The lowest BCUT2D eigenvalue weighted by Crippen LogP contribution is -2.53. The summed E-state index contributed by atoms with van der Waals surface area (Å²) in [5.41, 5.74) is 3.70. The van der Waals surface area contributed by atoms with E-state index in [0.717, 1.165) is 30.2 Å². The molecule has 1 saturated heterocycles. The van der Waals surface area contributed by atoms with Crippen LogP contribution in [0.5, 0.6) is 0 Å². The Morgan fingerprint density at radius 3 is 2.86 bits per heavy atom. The van der Waals surface area contributed by atoms with Gasteiger partial charge in [-0.25, -0.2) is 0 Å². The van der Waals surface area contributed by atoms with Crippen LogP contribution < -0.4 is 20.4 Å². The predicted molar refractivity (Wildman–Crippen MR) is 82.7 cm³/mol. The Hall–Kier alpha value is -2.42. The lowest BCUT2D eigenvalue weighted by atomic mass is 9.96. The molecule has 0 aromatic heterocycles. The van der Waals surface area contributed by atoms with Crippen molar-refractivity contribution < 1.29 is 4.79 Å². The molecule has 2 aliphatic heterocycles. The second kappa shape index (κ2) is 5.17. The first-order valence-corrected chi connectivity index (χ1v) is 7.13. The molecule has 3 rings (SSSR count). The minimum absolute atomic E-state index is 0.0217.